The predicted molar refractivity (Wildman–Crippen MR) is 65.9 cm³/mol. The molecule has 0 bridgehead atoms. The van der Waals surface area contributed by atoms with Crippen LogP contribution in [0.2, 0.25) is 0 Å². The topological polar surface area (TPSA) is 97.5 Å². The maximum Gasteiger partial charge on any atom is 0.321 e. The summed E-state index contributed by atoms with van der Waals surface area (Å²) in [6.07, 6.45) is 1.13. The van der Waals surface area contributed by atoms with Gasteiger partial charge in [-0.3, -0.25) is 4.79 Å². The fraction of sp³-hybridized carbons (Fsp3) is 0.300. The lowest BCUT2D eigenvalue weighted by Crippen LogP contribution is -2.32. The highest BCUT2D eigenvalue weighted by atomic mass is 32.2. The first-order chi connectivity index (χ1) is 7.80. The zero-order valence-corrected chi connectivity index (χ0v) is 10.8. The molecule has 0 fully saturated rings. The molecule has 7 heteroatoms. The van der Waals surface area contributed by atoms with Crippen LogP contribution in [0.25, 0.3) is 0 Å². The summed E-state index contributed by atoms with van der Waals surface area (Å²) in [5.74, 6) is -0.807. The number of aliphatic carboxylic acids is 1. The second-order valence-electron chi connectivity index (χ2n) is 3.50. The highest BCUT2D eigenvalue weighted by Crippen LogP contribution is 2.20. The molecular formula is C10H13NO4S2. The van der Waals surface area contributed by atoms with Crippen LogP contribution in [0.5, 0.6) is 0 Å². The molecule has 1 aromatic carbocycles. The molecule has 0 radical (unpaired) electrons. The van der Waals surface area contributed by atoms with Crippen LogP contribution in [-0.2, 0) is 14.6 Å². The Bertz CT molecular complexity index is 496. The number of carboxylic acids is 1. The van der Waals surface area contributed by atoms with E-state index in [2.05, 4.69) is 0 Å². The smallest absolute Gasteiger partial charge is 0.321 e. The van der Waals surface area contributed by atoms with Gasteiger partial charge in [0, 0.05) is 16.9 Å². The van der Waals surface area contributed by atoms with Gasteiger partial charge in [-0.05, 0) is 24.3 Å². The van der Waals surface area contributed by atoms with Crippen LogP contribution in [0.1, 0.15) is 0 Å². The number of hydrogen-bond acceptors (Lipinski definition) is 5. The van der Waals surface area contributed by atoms with Crippen molar-refractivity contribution in [2.24, 2.45) is 5.73 Å². The van der Waals surface area contributed by atoms with Crippen molar-refractivity contribution in [1.82, 2.24) is 0 Å². The van der Waals surface area contributed by atoms with E-state index in [1.807, 2.05) is 0 Å². The van der Waals surface area contributed by atoms with Crippen molar-refractivity contribution < 1.29 is 18.3 Å². The van der Waals surface area contributed by atoms with Gasteiger partial charge in [-0.15, -0.1) is 11.8 Å². The molecule has 0 aliphatic rings. The molecular weight excluding hydrogens is 262 g/mol. The van der Waals surface area contributed by atoms with Gasteiger partial charge in [0.1, 0.15) is 6.04 Å². The van der Waals surface area contributed by atoms with E-state index in [1.165, 1.54) is 23.9 Å². The maximum atomic E-state index is 11.2. The summed E-state index contributed by atoms with van der Waals surface area (Å²) in [5.41, 5.74) is 5.35. The SMILES string of the molecule is CS(=O)(=O)c1ccc(SCC(N)C(=O)O)cc1. The van der Waals surface area contributed by atoms with Crippen LogP contribution in [0.15, 0.2) is 34.1 Å². The highest BCUT2D eigenvalue weighted by molar-refractivity contribution is 7.99. The Morgan fingerprint density at radius 2 is 1.94 bits per heavy atom. The van der Waals surface area contributed by atoms with Crippen molar-refractivity contribution in [2.45, 2.75) is 15.8 Å². The summed E-state index contributed by atoms with van der Waals surface area (Å²) >= 11 is 1.28. The number of carboxylic acid groups (broad SMARTS) is 1. The highest BCUT2D eigenvalue weighted by Gasteiger charge is 2.12. The Morgan fingerprint density at radius 3 is 2.35 bits per heavy atom. The number of thioether (sulfide) groups is 1. The molecule has 1 unspecified atom stereocenters. The van der Waals surface area contributed by atoms with Gasteiger partial charge in [-0.2, -0.15) is 0 Å². The van der Waals surface area contributed by atoms with Gasteiger partial charge in [-0.1, -0.05) is 0 Å². The average molecular weight is 275 g/mol. The zero-order chi connectivity index (χ0) is 13.1. The molecule has 1 aromatic rings. The zero-order valence-electron chi connectivity index (χ0n) is 9.16. The minimum absolute atomic E-state index is 0.240. The van der Waals surface area contributed by atoms with Crippen LogP contribution in [0, 0.1) is 0 Å². The van der Waals surface area contributed by atoms with E-state index in [0.717, 1.165) is 11.2 Å². The second kappa shape index (κ2) is 5.52. The number of sulfone groups is 1. The van der Waals surface area contributed by atoms with E-state index in [9.17, 15) is 13.2 Å². The first kappa shape index (κ1) is 14.0. The number of nitrogens with two attached hydrogens (primary N) is 1. The van der Waals surface area contributed by atoms with E-state index in [1.54, 1.807) is 12.1 Å². The number of rotatable bonds is 5. The van der Waals surface area contributed by atoms with Gasteiger partial charge >= 0.3 is 5.97 Å². The van der Waals surface area contributed by atoms with E-state index >= 15 is 0 Å². The van der Waals surface area contributed by atoms with Crippen LogP contribution in [-0.4, -0.2) is 37.5 Å². The van der Waals surface area contributed by atoms with Crippen LogP contribution in [0.4, 0.5) is 0 Å². The monoisotopic (exact) mass is 275 g/mol. The van der Waals surface area contributed by atoms with E-state index in [-0.39, 0.29) is 10.6 Å². The third-order valence-electron chi connectivity index (χ3n) is 2.00. The minimum Gasteiger partial charge on any atom is -0.480 e. The van der Waals surface area contributed by atoms with Gasteiger partial charge < -0.3 is 10.8 Å². The van der Waals surface area contributed by atoms with Crippen LogP contribution in [0.3, 0.4) is 0 Å². The maximum absolute atomic E-state index is 11.2. The summed E-state index contributed by atoms with van der Waals surface area (Å²) in [7, 11) is -3.19. The Hall–Kier alpha value is -1.05. The normalized spacial score (nSPS) is 13.3. The lowest BCUT2D eigenvalue weighted by Gasteiger charge is -2.06. The molecule has 5 nitrogen and oxygen atoms in total. The van der Waals surface area contributed by atoms with Gasteiger partial charge in [0.25, 0.3) is 0 Å². The minimum atomic E-state index is -3.19. The first-order valence-corrected chi connectivity index (χ1v) is 7.59. The third kappa shape index (κ3) is 4.37. The fourth-order valence-corrected chi connectivity index (χ4v) is 2.51. The number of hydrogen-bond donors (Lipinski definition) is 2. The Morgan fingerprint density at radius 1 is 1.41 bits per heavy atom. The second-order valence-corrected chi connectivity index (χ2v) is 6.61. The molecule has 0 spiro atoms. The molecule has 17 heavy (non-hydrogen) atoms. The molecule has 1 rings (SSSR count). The summed E-state index contributed by atoms with van der Waals surface area (Å²) in [6.45, 7) is 0. The van der Waals surface area contributed by atoms with Crippen molar-refractivity contribution in [1.29, 1.82) is 0 Å². The predicted octanol–water partition coefficient (Wildman–Crippen LogP) is 0.594. The van der Waals surface area contributed by atoms with Gasteiger partial charge in [0.2, 0.25) is 0 Å². The summed E-state index contributed by atoms with van der Waals surface area (Å²) in [5, 5.41) is 8.59. The molecule has 94 valence electrons. The van der Waals surface area contributed by atoms with Crippen LogP contribution < -0.4 is 5.73 Å². The van der Waals surface area contributed by atoms with E-state index < -0.39 is 21.8 Å². The molecule has 0 aliphatic carbocycles. The largest absolute Gasteiger partial charge is 0.480 e. The summed E-state index contributed by atoms with van der Waals surface area (Å²) < 4.78 is 22.4. The quantitative estimate of drug-likeness (QED) is 0.763. The van der Waals surface area contributed by atoms with Crippen molar-refractivity contribution >= 4 is 27.6 Å². The molecule has 0 saturated heterocycles. The molecule has 0 saturated carbocycles. The van der Waals surface area contributed by atoms with Crippen molar-refractivity contribution in [3.63, 3.8) is 0 Å². The molecule has 0 amide bonds. The Labute approximate surface area is 104 Å². The van der Waals surface area contributed by atoms with Gasteiger partial charge in [0.15, 0.2) is 9.84 Å². The molecule has 0 aliphatic heterocycles. The van der Waals surface area contributed by atoms with E-state index in [4.69, 9.17) is 10.8 Å². The summed E-state index contributed by atoms with van der Waals surface area (Å²) in [6, 6.07) is 5.33. The van der Waals surface area contributed by atoms with E-state index in [0.29, 0.717) is 0 Å². The first-order valence-electron chi connectivity index (χ1n) is 4.72. The Balaban J connectivity index is 2.67. The van der Waals surface area contributed by atoms with Gasteiger partial charge in [0.05, 0.1) is 4.90 Å². The molecule has 1 atom stereocenters. The third-order valence-corrected chi connectivity index (χ3v) is 4.26. The van der Waals surface area contributed by atoms with Crippen molar-refractivity contribution in [2.75, 3.05) is 12.0 Å². The standard InChI is InChI=1S/C10H13NO4S2/c1-17(14,15)8-4-2-7(3-5-8)16-6-9(11)10(12)13/h2-5,9H,6,11H2,1H3,(H,12,13). The van der Waals surface area contributed by atoms with Crippen molar-refractivity contribution in [3.05, 3.63) is 24.3 Å². The lowest BCUT2D eigenvalue weighted by molar-refractivity contribution is -0.137. The average Bonchev–Trinajstić information content (AvgIpc) is 2.25. The lowest BCUT2D eigenvalue weighted by atomic mass is 10.4. The fourth-order valence-electron chi connectivity index (χ4n) is 1.04. The molecule has 0 aromatic heterocycles. The molecule has 3 N–H and O–H groups in total. The van der Waals surface area contributed by atoms with Gasteiger partial charge in [-0.25, -0.2) is 8.42 Å². The number of carbonyl (C=O) groups is 1. The molecule has 0 heterocycles. The summed E-state index contributed by atoms with van der Waals surface area (Å²) in [4.78, 5) is 11.5. The van der Waals surface area contributed by atoms with Crippen molar-refractivity contribution in [3.8, 4) is 0 Å². The van der Waals surface area contributed by atoms with Crippen LogP contribution >= 0.6 is 11.8 Å². The number of benzene rings is 1. The Kier molecular flexibility index (Phi) is 4.55.